The summed E-state index contributed by atoms with van der Waals surface area (Å²) in [5, 5.41) is 2.84. The summed E-state index contributed by atoms with van der Waals surface area (Å²) >= 11 is 0. The van der Waals surface area contributed by atoms with Crippen molar-refractivity contribution in [2.24, 2.45) is 23.5 Å². The standard InChI is InChI=1S/C19H28N2O3S/c20-18-15-7-4-8-16(18)12-17(11-15)19(22)21-9-10-25(23,24)13-14-5-2-1-3-6-14/h1-3,5-6,15-18H,4,7-13,20H2,(H,21,22). The van der Waals surface area contributed by atoms with E-state index in [0.29, 0.717) is 11.8 Å². The van der Waals surface area contributed by atoms with Crippen LogP contribution in [0.15, 0.2) is 30.3 Å². The summed E-state index contributed by atoms with van der Waals surface area (Å²) in [6, 6.07) is 9.38. The average molecular weight is 365 g/mol. The van der Waals surface area contributed by atoms with Crippen molar-refractivity contribution in [3.8, 4) is 0 Å². The number of sulfone groups is 1. The number of carbonyl (C=O) groups excluding carboxylic acids is 1. The van der Waals surface area contributed by atoms with E-state index in [1.54, 1.807) is 12.1 Å². The zero-order valence-electron chi connectivity index (χ0n) is 14.6. The van der Waals surface area contributed by atoms with Crippen LogP contribution in [0.3, 0.4) is 0 Å². The number of fused-ring (bicyclic) bond motifs is 2. The van der Waals surface area contributed by atoms with Crippen LogP contribution >= 0.6 is 0 Å². The lowest BCUT2D eigenvalue weighted by Crippen LogP contribution is -2.49. The lowest BCUT2D eigenvalue weighted by atomic mass is 9.65. The predicted molar refractivity (Wildman–Crippen MR) is 98.5 cm³/mol. The van der Waals surface area contributed by atoms with Crippen molar-refractivity contribution in [2.75, 3.05) is 12.3 Å². The van der Waals surface area contributed by atoms with Gasteiger partial charge in [0.2, 0.25) is 5.91 Å². The van der Waals surface area contributed by atoms with Crippen LogP contribution in [0.1, 0.15) is 37.7 Å². The molecule has 1 amide bonds. The van der Waals surface area contributed by atoms with Crippen LogP contribution in [0.5, 0.6) is 0 Å². The van der Waals surface area contributed by atoms with E-state index in [2.05, 4.69) is 5.32 Å². The second kappa shape index (κ2) is 7.87. The number of rotatable bonds is 6. The van der Waals surface area contributed by atoms with Crippen LogP contribution in [-0.4, -0.2) is 32.7 Å². The lowest BCUT2D eigenvalue weighted by Gasteiger charge is -2.43. The largest absolute Gasteiger partial charge is 0.355 e. The molecule has 0 saturated heterocycles. The molecule has 2 bridgehead atoms. The number of hydrogen-bond acceptors (Lipinski definition) is 4. The number of nitrogens with one attached hydrogen (secondary N) is 1. The Balaban J connectivity index is 1.46. The van der Waals surface area contributed by atoms with E-state index in [1.807, 2.05) is 18.2 Å². The molecule has 0 radical (unpaired) electrons. The van der Waals surface area contributed by atoms with Crippen LogP contribution < -0.4 is 11.1 Å². The van der Waals surface area contributed by atoms with E-state index >= 15 is 0 Å². The van der Waals surface area contributed by atoms with Gasteiger partial charge in [-0.1, -0.05) is 36.8 Å². The van der Waals surface area contributed by atoms with Gasteiger partial charge in [0, 0.05) is 18.5 Å². The molecule has 25 heavy (non-hydrogen) atoms. The Labute approximate surface area is 150 Å². The highest BCUT2D eigenvalue weighted by Crippen LogP contribution is 2.41. The fourth-order valence-corrected chi connectivity index (χ4v) is 5.64. The number of nitrogens with two attached hydrogens (primary N) is 1. The molecule has 138 valence electrons. The van der Waals surface area contributed by atoms with E-state index in [1.165, 1.54) is 6.42 Å². The minimum Gasteiger partial charge on any atom is -0.355 e. The molecule has 2 saturated carbocycles. The zero-order chi connectivity index (χ0) is 17.9. The van der Waals surface area contributed by atoms with Gasteiger partial charge in [0.15, 0.2) is 9.84 Å². The van der Waals surface area contributed by atoms with Crippen molar-refractivity contribution in [2.45, 2.75) is 43.9 Å². The third kappa shape index (κ3) is 4.82. The number of hydrogen-bond donors (Lipinski definition) is 2. The summed E-state index contributed by atoms with van der Waals surface area (Å²) in [6.45, 7) is 0.186. The first-order valence-corrected chi connectivity index (χ1v) is 11.0. The fraction of sp³-hybridized carbons (Fsp3) is 0.632. The number of carbonyl (C=O) groups is 1. The zero-order valence-corrected chi connectivity index (χ0v) is 15.4. The Kier molecular flexibility index (Phi) is 5.79. The highest BCUT2D eigenvalue weighted by Gasteiger charge is 2.40. The lowest BCUT2D eigenvalue weighted by molar-refractivity contribution is -0.127. The number of amides is 1. The minimum atomic E-state index is -3.22. The van der Waals surface area contributed by atoms with Crippen molar-refractivity contribution in [1.82, 2.24) is 5.32 Å². The molecule has 2 atom stereocenters. The number of benzene rings is 1. The van der Waals surface area contributed by atoms with Gasteiger partial charge in [-0.15, -0.1) is 0 Å². The second-order valence-electron chi connectivity index (χ2n) is 7.57. The van der Waals surface area contributed by atoms with Gasteiger partial charge < -0.3 is 11.1 Å². The predicted octanol–water partition coefficient (Wildman–Crippen LogP) is 1.87. The maximum absolute atomic E-state index is 12.4. The summed E-state index contributed by atoms with van der Waals surface area (Å²) < 4.78 is 24.4. The quantitative estimate of drug-likeness (QED) is 0.806. The van der Waals surface area contributed by atoms with Crippen molar-refractivity contribution in [3.63, 3.8) is 0 Å². The average Bonchev–Trinajstić information content (AvgIpc) is 2.54. The Hall–Kier alpha value is -1.40. The molecule has 2 aliphatic carbocycles. The first-order chi connectivity index (χ1) is 11.9. The topological polar surface area (TPSA) is 89.3 Å². The van der Waals surface area contributed by atoms with Gasteiger partial charge in [0.05, 0.1) is 11.5 Å². The Morgan fingerprint density at radius 1 is 1.12 bits per heavy atom. The highest BCUT2D eigenvalue weighted by molar-refractivity contribution is 7.90. The first kappa shape index (κ1) is 18.4. The summed E-state index contributed by atoms with van der Waals surface area (Å²) in [6.07, 6.45) is 5.15. The SMILES string of the molecule is NC1C2CCCC1CC(C(=O)NCCS(=O)(=O)Cc1ccccc1)C2. The highest BCUT2D eigenvalue weighted by atomic mass is 32.2. The summed E-state index contributed by atoms with van der Waals surface area (Å²) in [5.41, 5.74) is 7.05. The van der Waals surface area contributed by atoms with Gasteiger partial charge in [-0.3, -0.25) is 4.79 Å². The van der Waals surface area contributed by atoms with Crippen LogP contribution in [0, 0.1) is 17.8 Å². The minimum absolute atomic E-state index is 0.00119. The molecule has 3 rings (SSSR count). The molecule has 0 spiro atoms. The molecule has 2 aliphatic rings. The molecule has 2 fully saturated rings. The molecule has 0 aromatic heterocycles. The van der Waals surface area contributed by atoms with E-state index in [9.17, 15) is 13.2 Å². The van der Waals surface area contributed by atoms with Gasteiger partial charge in [0.25, 0.3) is 0 Å². The van der Waals surface area contributed by atoms with Crippen molar-refractivity contribution in [1.29, 1.82) is 0 Å². The van der Waals surface area contributed by atoms with E-state index in [4.69, 9.17) is 5.73 Å². The monoisotopic (exact) mass is 364 g/mol. The third-order valence-electron chi connectivity index (χ3n) is 5.73. The van der Waals surface area contributed by atoms with Gasteiger partial charge in [-0.2, -0.15) is 0 Å². The molecule has 1 aromatic carbocycles. The second-order valence-corrected chi connectivity index (χ2v) is 9.75. The van der Waals surface area contributed by atoms with E-state index in [-0.39, 0.29) is 35.9 Å². The van der Waals surface area contributed by atoms with Crippen molar-refractivity contribution < 1.29 is 13.2 Å². The molecular formula is C19H28N2O3S. The van der Waals surface area contributed by atoms with Crippen LogP contribution in [-0.2, 0) is 20.4 Å². The molecule has 2 unspecified atom stereocenters. The Bertz CT molecular complexity index is 676. The third-order valence-corrected chi connectivity index (χ3v) is 7.32. The Morgan fingerprint density at radius 3 is 2.40 bits per heavy atom. The van der Waals surface area contributed by atoms with Gasteiger partial charge >= 0.3 is 0 Å². The molecular weight excluding hydrogens is 336 g/mol. The van der Waals surface area contributed by atoms with Gasteiger partial charge in [-0.05, 0) is 43.1 Å². The fourth-order valence-electron chi connectivity index (χ4n) is 4.38. The van der Waals surface area contributed by atoms with E-state index < -0.39 is 9.84 Å². The smallest absolute Gasteiger partial charge is 0.223 e. The van der Waals surface area contributed by atoms with Crippen LogP contribution in [0.2, 0.25) is 0 Å². The van der Waals surface area contributed by atoms with Crippen LogP contribution in [0.25, 0.3) is 0 Å². The molecule has 0 aliphatic heterocycles. The molecule has 5 nitrogen and oxygen atoms in total. The normalized spacial score (nSPS) is 29.2. The maximum atomic E-state index is 12.4. The molecule has 6 heteroatoms. The molecule has 0 heterocycles. The summed E-state index contributed by atoms with van der Waals surface area (Å²) in [4.78, 5) is 12.4. The van der Waals surface area contributed by atoms with Crippen molar-refractivity contribution >= 4 is 15.7 Å². The van der Waals surface area contributed by atoms with Gasteiger partial charge in [0.1, 0.15) is 0 Å². The Morgan fingerprint density at radius 2 is 1.76 bits per heavy atom. The van der Waals surface area contributed by atoms with Crippen LogP contribution in [0.4, 0.5) is 0 Å². The van der Waals surface area contributed by atoms with E-state index in [0.717, 1.165) is 31.2 Å². The van der Waals surface area contributed by atoms with Gasteiger partial charge in [-0.25, -0.2) is 8.42 Å². The molecule has 1 aromatic rings. The summed E-state index contributed by atoms with van der Waals surface area (Å²) in [5.74, 6) is 0.888. The molecule has 3 N–H and O–H groups in total. The maximum Gasteiger partial charge on any atom is 0.223 e. The van der Waals surface area contributed by atoms with Crippen molar-refractivity contribution in [3.05, 3.63) is 35.9 Å². The summed E-state index contributed by atoms with van der Waals surface area (Å²) in [7, 11) is -3.22. The first-order valence-electron chi connectivity index (χ1n) is 9.22.